The molecule has 0 aromatic heterocycles. The number of aryl methyl sites for hydroxylation is 1. The highest BCUT2D eigenvalue weighted by Crippen LogP contribution is 2.12. The first kappa shape index (κ1) is 17.0. The van der Waals surface area contributed by atoms with Crippen LogP contribution in [0.3, 0.4) is 0 Å². The topological polar surface area (TPSA) is 81.7 Å². The van der Waals surface area contributed by atoms with Crippen LogP contribution in [0.15, 0.2) is 24.3 Å². The molecule has 116 valence electrons. The van der Waals surface area contributed by atoms with Crippen LogP contribution in [0.5, 0.6) is 0 Å². The van der Waals surface area contributed by atoms with Crippen molar-refractivity contribution in [1.82, 2.24) is 10.2 Å². The lowest BCUT2D eigenvalue weighted by molar-refractivity contribution is -0.136. The first-order chi connectivity index (χ1) is 10.0. The first-order valence-corrected chi connectivity index (χ1v) is 7.05. The normalized spacial score (nSPS) is 10.4. The number of nitrogens with zero attached hydrogens (tertiary/aromatic N) is 1. The van der Waals surface area contributed by atoms with Gasteiger partial charge in [0.05, 0.1) is 0 Å². The summed E-state index contributed by atoms with van der Waals surface area (Å²) in [7, 11) is 1.99. The minimum Gasteiger partial charge on any atom is -0.481 e. The van der Waals surface area contributed by atoms with Gasteiger partial charge >= 0.3 is 12.0 Å². The Kier molecular flexibility index (Phi) is 7.25. The molecule has 0 saturated carbocycles. The fourth-order valence-corrected chi connectivity index (χ4v) is 1.75. The van der Waals surface area contributed by atoms with Crippen molar-refractivity contribution in [2.24, 2.45) is 0 Å². The Balaban J connectivity index is 2.41. The van der Waals surface area contributed by atoms with Crippen LogP contribution in [0.25, 0.3) is 0 Å². The highest BCUT2D eigenvalue weighted by atomic mass is 16.4. The van der Waals surface area contributed by atoms with Gasteiger partial charge in [0.25, 0.3) is 0 Å². The summed E-state index contributed by atoms with van der Waals surface area (Å²) < 4.78 is 0. The van der Waals surface area contributed by atoms with Crippen molar-refractivity contribution in [1.29, 1.82) is 0 Å². The van der Waals surface area contributed by atoms with Crippen LogP contribution in [0.4, 0.5) is 10.5 Å². The molecule has 21 heavy (non-hydrogen) atoms. The molecule has 2 amide bonds. The van der Waals surface area contributed by atoms with E-state index in [1.807, 2.05) is 13.1 Å². The molecule has 0 radical (unpaired) electrons. The molecular weight excluding hydrogens is 270 g/mol. The van der Waals surface area contributed by atoms with Crippen LogP contribution in [-0.2, 0) is 11.2 Å². The maximum absolute atomic E-state index is 11.7. The third-order valence-electron chi connectivity index (χ3n) is 3.13. The molecule has 1 rings (SSSR count). The van der Waals surface area contributed by atoms with E-state index in [2.05, 4.69) is 22.5 Å². The number of carboxylic acid groups (broad SMARTS) is 1. The first-order valence-electron chi connectivity index (χ1n) is 7.05. The van der Waals surface area contributed by atoms with E-state index in [0.717, 1.165) is 18.7 Å². The maximum atomic E-state index is 11.7. The van der Waals surface area contributed by atoms with E-state index in [9.17, 15) is 9.59 Å². The zero-order valence-electron chi connectivity index (χ0n) is 12.6. The Labute approximate surface area is 125 Å². The number of hydrogen-bond acceptors (Lipinski definition) is 3. The summed E-state index contributed by atoms with van der Waals surface area (Å²) in [6.07, 6.45) is 0.534. The Bertz CT molecular complexity index is 477. The van der Waals surface area contributed by atoms with E-state index in [0.29, 0.717) is 18.7 Å². The zero-order chi connectivity index (χ0) is 15.7. The van der Waals surface area contributed by atoms with Crippen LogP contribution in [0.1, 0.15) is 18.9 Å². The predicted molar refractivity (Wildman–Crippen MR) is 82.6 cm³/mol. The van der Waals surface area contributed by atoms with E-state index in [-0.39, 0.29) is 12.5 Å². The van der Waals surface area contributed by atoms with Crippen molar-refractivity contribution in [3.05, 3.63) is 29.8 Å². The number of aliphatic carboxylic acids is 1. The molecule has 1 aromatic rings. The zero-order valence-corrected chi connectivity index (χ0v) is 12.6. The van der Waals surface area contributed by atoms with Crippen molar-refractivity contribution < 1.29 is 14.7 Å². The van der Waals surface area contributed by atoms with Crippen molar-refractivity contribution in [3.8, 4) is 0 Å². The summed E-state index contributed by atoms with van der Waals surface area (Å²) in [4.78, 5) is 24.4. The Hall–Kier alpha value is -2.08. The molecule has 0 aliphatic rings. The smallest absolute Gasteiger partial charge is 0.319 e. The van der Waals surface area contributed by atoms with E-state index in [1.165, 1.54) is 0 Å². The lowest BCUT2D eigenvalue weighted by atomic mass is 10.1. The van der Waals surface area contributed by atoms with Crippen LogP contribution >= 0.6 is 0 Å². The number of likely N-dealkylation sites (N-methyl/N-ethyl adjacent to an activating group) is 1. The van der Waals surface area contributed by atoms with Gasteiger partial charge in [-0.25, -0.2) is 4.79 Å². The summed E-state index contributed by atoms with van der Waals surface area (Å²) >= 11 is 0. The molecule has 0 aliphatic heterocycles. The summed E-state index contributed by atoms with van der Waals surface area (Å²) in [5, 5.41) is 14.2. The number of rotatable bonds is 8. The highest BCUT2D eigenvalue weighted by molar-refractivity contribution is 5.89. The predicted octanol–water partition coefficient (Wildman–Crippen LogP) is 1.78. The molecule has 0 heterocycles. The monoisotopic (exact) mass is 293 g/mol. The molecule has 0 bridgehead atoms. The van der Waals surface area contributed by atoms with E-state index in [4.69, 9.17) is 5.11 Å². The van der Waals surface area contributed by atoms with Gasteiger partial charge in [0, 0.05) is 25.2 Å². The minimum absolute atomic E-state index is 0.0823. The van der Waals surface area contributed by atoms with Crippen LogP contribution < -0.4 is 10.6 Å². The number of carbonyl (C=O) groups excluding carboxylic acids is 1. The molecule has 0 spiro atoms. The third kappa shape index (κ3) is 7.31. The van der Waals surface area contributed by atoms with Gasteiger partial charge in [0.15, 0.2) is 0 Å². The molecule has 0 saturated heterocycles. The largest absolute Gasteiger partial charge is 0.481 e. The highest BCUT2D eigenvalue weighted by Gasteiger charge is 2.04. The number of urea groups is 1. The summed E-state index contributed by atoms with van der Waals surface area (Å²) in [5.74, 6) is -0.828. The standard InChI is InChI=1S/C15H23N3O3/c1-3-18(2)10-9-16-15(21)17-13-6-4-5-12(11-13)7-8-14(19)20/h4-6,11H,3,7-10H2,1-2H3,(H,19,20)(H2,16,17,21). The van der Waals surface area contributed by atoms with Crippen LogP contribution in [-0.4, -0.2) is 48.7 Å². The number of amides is 2. The Morgan fingerprint density at radius 3 is 2.76 bits per heavy atom. The van der Waals surface area contributed by atoms with E-state index >= 15 is 0 Å². The van der Waals surface area contributed by atoms with Gasteiger partial charge in [-0.15, -0.1) is 0 Å². The number of benzene rings is 1. The quantitative estimate of drug-likeness (QED) is 0.682. The van der Waals surface area contributed by atoms with Crippen molar-refractivity contribution in [2.75, 3.05) is 32.0 Å². The average molecular weight is 293 g/mol. The summed E-state index contributed by atoms with van der Waals surface area (Å²) in [5.41, 5.74) is 1.56. The Morgan fingerprint density at radius 2 is 2.10 bits per heavy atom. The Morgan fingerprint density at radius 1 is 1.33 bits per heavy atom. The molecule has 6 heteroatoms. The SMILES string of the molecule is CCN(C)CCNC(=O)Nc1cccc(CCC(=O)O)c1. The average Bonchev–Trinajstić information content (AvgIpc) is 2.45. The maximum Gasteiger partial charge on any atom is 0.319 e. The van der Waals surface area contributed by atoms with Gasteiger partial charge in [-0.2, -0.15) is 0 Å². The molecule has 6 nitrogen and oxygen atoms in total. The van der Waals surface area contributed by atoms with Gasteiger partial charge in [-0.1, -0.05) is 19.1 Å². The minimum atomic E-state index is -0.828. The number of carbonyl (C=O) groups is 2. The van der Waals surface area contributed by atoms with E-state index < -0.39 is 5.97 Å². The number of nitrogens with one attached hydrogen (secondary N) is 2. The number of hydrogen-bond donors (Lipinski definition) is 3. The molecule has 0 atom stereocenters. The second-order valence-electron chi connectivity index (χ2n) is 4.87. The summed E-state index contributed by atoms with van der Waals surface area (Å²) in [6.45, 7) is 4.37. The second-order valence-corrected chi connectivity index (χ2v) is 4.87. The van der Waals surface area contributed by atoms with Gasteiger partial charge in [0.2, 0.25) is 0 Å². The van der Waals surface area contributed by atoms with Crippen molar-refractivity contribution >= 4 is 17.7 Å². The molecule has 0 fully saturated rings. The lowest BCUT2D eigenvalue weighted by Crippen LogP contribution is -2.35. The molecule has 1 aromatic carbocycles. The molecule has 3 N–H and O–H groups in total. The third-order valence-corrected chi connectivity index (χ3v) is 3.13. The molecular formula is C15H23N3O3. The summed E-state index contributed by atoms with van der Waals surface area (Å²) in [6, 6.07) is 6.97. The van der Waals surface area contributed by atoms with Gasteiger partial charge in [0.1, 0.15) is 0 Å². The van der Waals surface area contributed by atoms with Crippen molar-refractivity contribution in [3.63, 3.8) is 0 Å². The fraction of sp³-hybridized carbons (Fsp3) is 0.467. The van der Waals surface area contributed by atoms with Crippen LogP contribution in [0, 0.1) is 0 Å². The second kappa shape index (κ2) is 8.97. The number of carboxylic acids is 1. The van der Waals surface area contributed by atoms with Crippen molar-refractivity contribution in [2.45, 2.75) is 19.8 Å². The fourth-order valence-electron chi connectivity index (χ4n) is 1.75. The van der Waals surface area contributed by atoms with Gasteiger partial charge in [-0.3, -0.25) is 4.79 Å². The van der Waals surface area contributed by atoms with Crippen LogP contribution in [0.2, 0.25) is 0 Å². The number of anilines is 1. The van der Waals surface area contributed by atoms with Gasteiger partial charge in [-0.05, 0) is 37.7 Å². The van der Waals surface area contributed by atoms with E-state index in [1.54, 1.807) is 18.2 Å². The molecule has 0 unspecified atom stereocenters. The molecule has 0 aliphatic carbocycles. The van der Waals surface area contributed by atoms with Gasteiger partial charge < -0.3 is 20.6 Å². The lowest BCUT2D eigenvalue weighted by Gasteiger charge is -2.14.